The van der Waals surface area contributed by atoms with E-state index in [2.05, 4.69) is 61.3 Å². The standard InChI is InChI=1S/C19H32N2/c1-16(2)13-14-21(19-11-7-8-12-19)17(3)15-20-18-9-5-4-6-10-18/h4-6,9-10,16-17,19-20H,7-8,11-15H2,1-3H3. The van der Waals surface area contributed by atoms with Crippen LogP contribution in [0.3, 0.4) is 0 Å². The summed E-state index contributed by atoms with van der Waals surface area (Å²) >= 11 is 0. The van der Waals surface area contributed by atoms with Crippen LogP contribution in [0.4, 0.5) is 5.69 Å². The maximum Gasteiger partial charge on any atom is 0.0340 e. The second kappa shape index (κ2) is 8.43. The fraction of sp³-hybridized carbons (Fsp3) is 0.684. The van der Waals surface area contributed by atoms with Crippen molar-refractivity contribution in [3.63, 3.8) is 0 Å². The Bertz CT molecular complexity index is 382. The minimum Gasteiger partial charge on any atom is -0.383 e. The third kappa shape index (κ3) is 5.35. The minimum absolute atomic E-state index is 0.604. The first kappa shape index (κ1) is 16.4. The summed E-state index contributed by atoms with van der Waals surface area (Å²) in [5, 5.41) is 3.59. The van der Waals surface area contributed by atoms with Crippen molar-refractivity contribution >= 4 is 5.69 Å². The molecule has 0 spiro atoms. The molecule has 1 saturated carbocycles. The van der Waals surface area contributed by atoms with Gasteiger partial charge < -0.3 is 5.32 Å². The quantitative estimate of drug-likeness (QED) is 0.740. The largest absolute Gasteiger partial charge is 0.383 e. The summed E-state index contributed by atoms with van der Waals surface area (Å²) in [5.74, 6) is 0.795. The van der Waals surface area contributed by atoms with Gasteiger partial charge in [-0.25, -0.2) is 0 Å². The lowest BCUT2D eigenvalue weighted by Crippen LogP contribution is -2.44. The van der Waals surface area contributed by atoms with Crippen molar-refractivity contribution in [2.24, 2.45) is 5.92 Å². The van der Waals surface area contributed by atoms with Crippen molar-refractivity contribution in [3.8, 4) is 0 Å². The summed E-state index contributed by atoms with van der Waals surface area (Å²) in [7, 11) is 0. The second-order valence-corrected chi connectivity index (χ2v) is 6.95. The van der Waals surface area contributed by atoms with Crippen LogP contribution in [0.2, 0.25) is 0 Å². The predicted molar refractivity (Wildman–Crippen MR) is 92.8 cm³/mol. The number of rotatable bonds is 8. The molecular formula is C19H32N2. The molecule has 21 heavy (non-hydrogen) atoms. The van der Waals surface area contributed by atoms with Crippen molar-refractivity contribution in [2.45, 2.75) is 65.0 Å². The van der Waals surface area contributed by atoms with Gasteiger partial charge in [-0.3, -0.25) is 4.90 Å². The minimum atomic E-state index is 0.604. The summed E-state index contributed by atoms with van der Waals surface area (Å²) in [6.07, 6.45) is 6.94. The molecule has 118 valence electrons. The Labute approximate surface area is 130 Å². The third-order valence-corrected chi connectivity index (χ3v) is 4.70. The van der Waals surface area contributed by atoms with E-state index in [4.69, 9.17) is 0 Å². The highest BCUT2D eigenvalue weighted by atomic mass is 15.2. The van der Waals surface area contributed by atoms with Gasteiger partial charge in [0.25, 0.3) is 0 Å². The molecule has 2 nitrogen and oxygen atoms in total. The smallest absolute Gasteiger partial charge is 0.0340 e. The van der Waals surface area contributed by atoms with Crippen LogP contribution in [0.15, 0.2) is 30.3 Å². The Morgan fingerprint density at radius 1 is 1.10 bits per heavy atom. The van der Waals surface area contributed by atoms with E-state index in [-0.39, 0.29) is 0 Å². The highest BCUT2D eigenvalue weighted by Gasteiger charge is 2.26. The fourth-order valence-electron chi connectivity index (χ4n) is 3.34. The lowest BCUT2D eigenvalue weighted by atomic mass is 10.1. The fourth-order valence-corrected chi connectivity index (χ4v) is 3.34. The van der Waals surface area contributed by atoms with Crippen LogP contribution in [-0.4, -0.2) is 30.1 Å². The van der Waals surface area contributed by atoms with E-state index < -0.39 is 0 Å². The van der Waals surface area contributed by atoms with E-state index >= 15 is 0 Å². The Hall–Kier alpha value is -1.02. The van der Waals surface area contributed by atoms with Gasteiger partial charge in [-0.15, -0.1) is 0 Å². The second-order valence-electron chi connectivity index (χ2n) is 6.95. The van der Waals surface area contributed by atoms with E-state index in [0.29, 0.717) is 6.04 Å². The summed E-state index contributed by atoms with van der Waals surface area (Å²) in [5.41, 5.74) is 1.24. The van der Waals surface area contributed by atoms with E-state index in [0.717, 1.165) is 18.5 Å². The van der Waals surface area contributed by atoms with Gasteiger partial charge in [0.1, 0.15) is 0 Å². The molecule has 1 unspecified atom stereocenters. The molecular weight excluding hydrogens is 256 g/mol. The summed E-state index contributed by atoms with van der Waals surface area (Å²) < 4.78 is 0. The van der Waals surface area contributed by atoms with Gasteiger partial charge in [0, 0.05) is 24.3 Å². The third-order valence-electron chi connectivity index (χ3n) is 4.70. The maximum absolute atomic E-state index is 3.59. The number of hydrogen-bond donors (Lipinski definition) is 1. The van der Waals surface area contributed by atoms with Gasteiger partial charge in [-0.1, -0.05) is 44.9 Å². The molecule has 1 N–H and O–H groups in total. The first-order valence-corrected chi connectivity index (χ1v) is 8.71. The molecule has 0 saturated heterocycles. The summed E-state index contributed by atoms with van der Waals surface area (Å²) in [4.78, 5) is 2.77. The molecule has 1 aliphatic rings. The molecule has 0 radical (unpaired) electrons. The Morgan fingerprint density at radius 2 is 1.76 bits per heavy atom. The first-order chi connectivity index (χ1) is 10.2. The van der Waals surface area contributed by atoms with Gasteiger partial charge in [0.05, 0.1) is 0 Å². The van der Waals surface area contributed by atoms with Crippen LogP contribution >= 0.6 is 0 Å². The van der Waals surface area contributed by atoms with Gasteiger partial charge in [0.2, 0.25) is 0 Å². The van der Waals surface area contributed by atoms with Crippen LogP contribution in [0, 0.1) is 5.92 Å². The highest BCUT2D eigenvalue weighted by molar-refractivity contribution is 5.42. The normalized spacial score (nSPS) is 17.6. The average Bonchev–Trinajstić information content (AvgIpc) is 3.00. The zero-order valence-electron chi connectivity index (χ0n) is 14.0. The van der Waals surface area contributed by atoms with Gasteiger partial charge in [-0.05, 0) is 50.8 Å². The molecule has 1 atom stereocenters. The molecule has 2 rings (SSSR count). The van der Waals surface area contributed by atoms with Crippen molar-refractivity contribution in [2.75, 3.05) is 18.4 Å². The molecule has 2 heteroatoms. The van der Waals surface area contributed by atoms with Crippen LogP contribution in [0.25, 0.3) is 0 Å². The number of para-hydroxylation sites is 1. The van der Waals surface area contributed by atoms with E-state index in [1.165, 1.54) is 44.3 Å². The number of nitrogens with one attached hydrogen (secondary N) is 1. The lowest BCUT2D eigenvalue weighted by Gasteiger charge is -2.35. The van der Waals surface area contributed by atoms with Crippen LogP contribution in [0.1, 0.15) is 52.9 Å². The number of nitrogens with zero attached hydrogens (tertiary/aromatic N) is 1. The van der Waals surface area contributed by atoms with Gasteiger partial charge in [-0.2, -0.15) is 0 Å². The Balaban J connectivity index is 1.88. The topological polar surface area (TPSA) is 15.3 Å². The van der Waals surface area contributed by atoms with Crippen molar-refractivity contribution < 1.29 is 0 Å². The SMILES string of the molecule is CC(C)CCN(C(C)CNc1ccccc1)C1CCCC1. The van der Waals surface area contributed by atoms with Crippen molar-refractivity contribution in [3.05, 3.63) is 30.3 Å². The monoisotopic (exact) mass is 288 g/mol. The predicted octanol–water partition coefficient (Wildman–Crippen LogP) is 4.78. The number of benzene rings is 1. The lowest BCUT2D eigenvalue weighted by molar-refractivity contribution is 0.143. The number of anilines is 1. The maximum atomic E-state index is 3.59. The highest BCUT2D eigenvalue weighted by Crippen LogP contribution is 2.26. The zero-order valence-corrected chi connectivity index (χ0v) is 14.0. The molecule has 0 aromatic heterocycles. The summed E-state index contributed by atoms with van der Waals surface area (Å²) in [6, 6.07) is 12.0. The van der Waals surface area contributed by atoms with Crippen LogP contribution in [0.5, 0.6) is 0 Å². The average molecular weight is 288 g/mol. The first-order valence-electron chi connectivity index (χ1n) is 8.71. The van der Waals surface area contributed by atoms with E-state index in [9.17, 15) is 0 Å². The van der Waals surface area contributed by atoms with Crippen molar-refractivity contribution in [1.82, 2.24) is 4.90 Å². The molecule has 0 bridgehead atoms. The number of hydrogen-bond acceptors (Lipinski definition) is 2. The summed E-state index contributed by atoms with van der Waals surface area (Å²) in [6.45, 7) is 9.34. The van der Waals surface area contributed by atoms with Crippen molar-refractivity contribution in [1.29, 1.82) is 0 Å². The van der Waals surface area contributed by atoms with E-state index in [1.54, 1.807) is 0 Å². The zero-order chi connectivity index (χ0) is 15.1. The molecule has 0 heterocycles. The molecule has 1 fully saturated rings. The Kier molecular flexibility index (Phi) is 6.56. The molecule has 1 aliphatic carbocycles. The van der Waals surface area contributed by atoms with Crippen LogP contribution in [-0.2, 0) is 0 Å². The Morgan fingerprint density at radius 3 is 2.38 bits per heavy atom. The van der Waals surface area contributed by atoms with Gasteiger partial charge >= 0.3 is 0 Å². The molecule has 0 amide bonds. The molecule has 1 aromatic carbocycles. The molecule has 1 aromatic rings. The van der Waals surface area contributed by atoms with E-state index in [1.807, 2.05) is 0 Å². The van der Waals surface area contributed by atoms with Gasteiger partial charge in [0.15, 0.2) is 0 Å². The van der Waals surface area contributed by atoms with Crippen LogP contribution < -0.4 is 5.32 Å². The molecule has 0 aliphatic heterocycles.